The van der Waals surface area contributed by atoms with Crippen molar-refractivity contribution in [1.29, 1.82) is 0 Å². The van der Waals surface area contributed by atoms with Crippen LogP contribution in [0.15, 0.2) is 24.5 Å². The lowest BCUT2D eigenvalue weighted by Gasteiger charge is -2.36. The first-order valence-corrected chi connectivity index (χ1v) is 8.66. The fraction of sp³-hybridized carbons (Fsp3) is 0.412. The Morgan fingerprint density at radius 1 is 1.21 bits per heavy atom. The largest absolute Gasteiger partial charge is 0.433 e. The summed E-state index contributed by atoms with van der Waals surface area (Å²) in [7, 11) is 0. The van der Waals surface area contributed by atoms with E-state index in [2.05, 4.69) is 25.3 Å². The zero-order valence-corrected chi connectivity index (χ0v) is 15.0. The molecule has 0 saturated carbocycles. The number of halogens is 3. The first-order valence-electron chi connectivity index (χ1n) is 8.66. The monoisotopic (exact) mass is 393 g/mol. The summed E-state index contributed by atoms with van der Waals surface area (Å²) >= 11 is 0. The summed E-state index contributed by atoms with van der Waals surface area (Å²) < 4.78 is 46.3. The van der Waals surface area contributed by atoms with Crippen LogP contribution in [-0.4, -0.2) is 37.7 Å². The Bertz CT molecular complexity index is 1010. The Hall–Kier alpha value is -2.95. The third-order valence-electron chi connectivity index (χ3n) is 4.83. The molecule has 0 spiro atoms. The number of nitrogen functional groups attached to an aromatic ring is 1. The van der Waals surface area contributed by atoms with E-state index in [1.165, 1.54) is 12.3 Å². The maximum Gasteiger partial charge on any atom is 0.433 e. The molecule has 3 aromatic rings. The van der Waals surface area contributed by atoms with E-state index in [9.17, 15) is 13.2 Å². The lowest BCUT2D eigenvalue weighted by atomic mass is 9.92. The van der Waals surface area contributed by atoms with Gasteiger partial charge in [0.1, 0.15) is 11.2 Å². The van der Waals surface area contributed by atoms with Gasteiger partial charge < -0.3 is 15.8 Å². The minimum Gasteiger partial charge on any atom is -0.381 e. The first-order chi connectivity index (χ1) is 13.3. The predicted molar refractivity (Wildman–Crippen MR) is 96.0 cm³/mol. The molecule has 11 heteroatoms. The van der Waals surface area contributed by atoms with Gasteiger partial charge in [-0.15, -0.1) is 0 Å². The summed E-state index contributed by atoms with van der Waals surface area (Å²) in [5.74, 6) is 0.456. The van der Waals surface area contributed by atoms with Crippen molar-refractivity contribution in [1.82, 2.24) is 24.5 Å². The molecule has 0 atom stereocenters. The van der Waals surface area contributed by atoms with E-state index in [-0.39, 0.29) is 11.6 Å². The number of ether oxygens (including phenoxy) is 1. The zero-order valence-electron chi connectivity index (χ0n) is 15.0. The highest BCUT2D eigenvalue weighted by atomic mass is 19.4. The highest BCUT2D eigenvalue weighted by Gasteiger charge is 2.35. The molecule has 0 aliphatic carbocycles. The third kappa shape index (κ3) is 3.33. The number of rotatable bonds is 3. The van der Waals surface area contributed by atoms with Gasteiger partial charge in [-0.3, -0.25) is 9.55 Å². The molecule has 3 aromatic heterocycles. The fourth-order valence-electron chi connectivity index (χ4n) is 3.31. The van der Waals surface area contributed by atoms with Crippen molar-refractivity contribution < 1.29 is 17.9 Å². The van der Waals surface area contributed by atoms with Crippen LogP contribution >= 0.6 is 0 Å². The fourth-order valence-corrected chi connectivity index (χ4v) is 3.31. The third-order valence-corrected chi connectivity index (χ3v) is 4.83. The lowest BCUT2D eigenvalue weighted by Crippen LogP contribution is -2.37. The molecule has 1 saturated heterocycles. The number of nitrogens with two attached hydrogens (primary N) is 1. The van der Waals surface area contributed by atoms with E-state index in [1.807, 2.05) is 11.5 Å². The molecular formula is C17H18F3N7O. The molecule has 148 valence electrons. The van der Waals surface area contributed by atoms with Crippen LogP contribution in [0.25, 0.3) is 11.2 Å². The van der Waals surface area contributed by atoms with Crippen LogP contribution in [0.3, 0.4) is 0 Å². The van der Waals surface area contributed by atoms with E-state index in [0.717, 1.165) is 12.3 Å². The van der Waals surface area contributed by atoms with Crippen molar-refractivity contribution in [3.8, 4) is 0 Å². The smallest absolute Gasteiger partial charge is 0.381 e. The minimum absolute atomic E-state index is 0.0964. The minimum atomic E-state index is -4.54. The van der Waals surface area contributed by atoms with Gasteiger partial charge in [-0.2, -0.15) is 18.2 Å². The summed E-state index contributed by atoms with van der Waals surface area (Å²) in [5, 5.41) is 2.98. The SMILES string of the molecule is CC1(n2c(Nc3ccnc(C(F)(F)F)c3)nc3cnc(N)nc32)CCOCC1. The van der Waals surface area contributed by atoms with E-state index < -0.39 is 17.4 Å². The maximum atomic E-state index is 13.0. The van der Waals surface area contributed by atoms with Crippen LogP contribution in [0.4, 0.5) is 30.8 Å². The maximum absolute atomic E-state index is 13.0. The molecule has 4 rings (SSSR count). The molecule has 1 aliphatic rings. The van der Waals surface area contributed by atoms with E-state index in [4.69, 9.17) is 10.5 Å². The quantitative estimate of drug-likeness (QED) is 0.705. The van der Waals surface area contributed by atoms with Crippen LogP contribution in [0.1, 0.15) is 25.5 Å². The molecule has 0 aromatic carbocycles. The Kier molecular flexibility index (Phi) is 4.33. The Labute approximate surface area is 158 Å². The van der Waals surface area contributed by atoms with Crippen molar-refractivity contribution in [2.75, 3.05) is 24.3 Å². The van der Waals surface area contributed by atoms with Crippen LogP contribution in [-0.2, 0) is 16.5 Å². The molecule has 0 radical (unpaired) electrons. The van der Waals surface area contributed by atoms with Gasteiger partial charge in [-0.05, 0) is 31.9 Å². The zero-order chi connectivity index (χ0) is 19.9. The molecule has 1 aliphatic heterocycles. The van der Waals surface area contributed by atoms with Gasteiger partial charge >= 0.3 is 6.18 Å². The lowest BCUT2D eigenvalue weighted by molar-refractivity contribution is -0.141. The van der Waals surface area contributed by atoms with Crippen molar-refractivity contribution in [2.45, 2.75) is 31.5 Å². The number of hydrogen-bond donors (Lipinski definition) is 2. The number of imidazole rings is 1. The average Bonchev–Trinajstić information content (AvgIpc) is 2.99. The second-order valence-corrected chi connectivity index (χ2v) is 6.87. The number of nitrogens with zero attached hydrogens (tertiary/aromatic N) is 5. The first kappa shape index (κ1) is 18.4. The molecule has 1 fully saturated rings. The summed E-state index contributed by atoms with van der Waals surface area (Å²) in [4.78, 5) is 16.1. The average molecular weight is 393 g/mol. The standard InChI is InChI=1S/C17H18F3N7O/c1-16(3-6-28-7-4-16)27-13-11(9-23-14(21)26-13)25-15(27)24-10-2-5-22-12(8-10)17(18,19)20/h2,5,8-9H,3-4,6-7H2,1H3,(H2,21,23,26)(H,22,24,25). The topological polar surface area (TPSA) is 104 Å². The number of fused-ring (bicyclic) bond motifs is 1. The molecule has 0 unspecified atom stereocenters. The van der Waals surface area contributed by atoms with Gasteiger partial charge in [0, 0.05) is 25.1 Å². The second-order valence-electron chi connectivity index (χ2n) is 6.87. The van der Waals surface area contributed by atoms with Gasteiger partial charge in [0.2, 0.25) is 11.9 Å². The van der Waals surface area contributed by atoms with E-state index in [0.29, 0.717) is 43.2 Å². The van der Waals surface area contributed by atoms with Crippen molar-refractivity contribution in [3.05, 3.63) is 30.2 Å². The summed E-state index contributed by atoms with van der Waals surface area (Å²) in [6.07, 6.45) is -0.547. The highest BCUT2D eigenvalue weighted by Crippen LogP contribution is 2.36. The van der Waals surface area contributed by atoms with Gasteiger partial charge in [-0.25, -0.2) is 9.97 Å². The molecule has 8 nitrogen and oxygen atoms in total. The van der Waals surface area contributed by atoms with Crippen LogP contribution in [0.5, 0.6) is 0 Å². The predicted octanol–water partition coefficient (Wildman–Crippen LogP) is 3.09. The van der Waals surface area contributed by atoms with Crippen molar-refractivity contribution in [3.63, 3.8) is 0 Å². The van der Waals surface area contributed by atoms with Gasteiger partial charge in [0.05, 0.1) is 11.7 Å². The number of anilines is 3. The number of aromatic nitrogens is 5. The van der Waals surface area contributed by atoms with Crippen LogP contribution < -0.4 is 11.1 Å². The molecule has 0 bridgehead atoms. The molecule has 4 heterocycles. The Balaban J connectivity index is 1.82. The molecule has 0 amide bonds. The van der Waals surface area contributed by atoms with Crippen molar-refractivity contribution in [2.24, 2.45) is 0 Å². The summed E-state index contributed by atoms with van der Waals surface area (Å²) in [6.45, 7) is 3.15. The van der Waals surface area contributed by atoms with Crippen LogP contribution in [0.2, 0.25) is 0 Å². The number of hydrogen-bond acceptors (Lipinski definition) is 7. The van der Waals surface area contributed by atoms with Gasteiger partial charge in [0.15, 0.2) is 5.65 Å². The summed E-state index contributed by atoms with van der Waals surface area (Å²) in [6, 6.07) is 2.39. The number of nitrogens with one attached hydrogen (secondary N) is 1. The number of pyridine rings is 1. The Morgan fingerprint density at radius 2 is 1.96 bits per heavy atom. The van der Waals surface area contributed by atoms with Gasteiger partial charge in [-0.1, -0.05) is 0 Å². The molecular weight excluding hydrogens is 375 g/mol. The van der Waals surface area contributed by atoms with Crippen molar-refractivity contribution >= 4 is 28.7 Å². The summed E-state index contributed by atoms with van der Waals surface area (Å²) in [5.41, 5.74) is 5.61. The highest BCUT2D eigenvalue weighted by molar-refractivity contribution is 5.76. The molecule has 3 N–H and O–H groups in total. The normalized spacial score (nSPS) is 17.0. The number of alkyl halides is 3. The van der Waals surface area contributed by atoms with Crippen LogP contribution in [0, 0.1) is 0 Å². The molecule has 28 heavy (non-hydrogen) atoms. The van der Waals surface area contributed by atoms with E-state index >= 15 is 0 Å². The second kappa shape index (κ2) is 6.59. The Morgan fingerprint density at radius 3 is 2.68 bits per heavy atom. The van der Waals surface area contributed by atoms with Gasteiger partial charge in [0.25, 0.3) is 0 Å². The van der Waals surface area contributed by atoms with E-state index in [1.54, 1.807) is 0 Å².